The third-order valence-electron chi connectivity index (χ3n) is 5.42. The predicted molar refractivity (Wildman–Crippen MR) is 132 cm³/mol. The van der Waals surface area contributed by atoms with Crippen molar-refractivity contribution in [2.24, 2.45) is 0 Å². The Morgan fingerprint density at radius 2 is 1.06 bits per heavy atom. The first-order valence-corrected chi connectivity index (χ1v) is 13.1. The largest absolute Gasteiger partial charge is 0.462 e. The molecule has 192 valence electrons. The van der Waals surface area contributed by atoms with Crippen molar-refractivity contribution in [2.75, 3.05) is 13.2 Å². The zero-order valence-electron chi connectivity index (χ0n) is 21.2. The van der Waals surface area contributed by atoms with Gasteiger partial charge in [-0.3, -0.25) is 14.4 Å². The summed E-state index contributed by atoms with van der Waals surface area (Å²) in [5.74, 6) is -0.969. The van der Waals surface area contributed by atoms with Gasteiger partial charge in [-0.2, -0.15) is 0 Å². The summed E-state index contributed by atoms with van der Waals surface area (Å²) in [5.41, 5.74) is 0. The van der Waals surface area contributed by atoms with E-state index in [0.717, 1.165) is 77.0 Å². The molecule has 0 rings (SSSR count). The number of allylic oxidation sites excluding steroid dienone is 1. The van der Waals surface area contributed by atoms with Gasteiger partial charge < -0.3 is 14.2 Å². The van der Waals surface area contributed by atoms with Crippen LogP contribution >= 0.6 is 0 Å². The molecule has 0 aromatic heterocycles. The lowest BCUT2D eigenvalue weighted by atomic mass is 10.1. The van der Waals surface area contributed by atoms with Crippen molar-refractivity contribution in [2.45, 2.75) is 129 Å². The molecule has 0 aliphatic carbocycles. The minimum atomic E-state index is -0.765. The molecule has 0 bridgehead atoms. The number of carbonyl (C=O) groups is 3. The van der Waals surface area contributed by atoms with Crippen LogP contribution in [0.1, 0.15) is 123 Å². The van der Waals surface area contributed by atoms with Crippen LogP contribution in [0.2, 0.25) is 0 Å². The van der Waals surface area contributed by atoms with Gasteiger partial charge in [-0.1, -0.05) is 77.7 Å². The summed E-state index contributed by atoms with van der Waals surface area (Å²) in [6.45, 7) is 7.82. The fourth-order valence-corrected chi connectivity index (χ4v) is 3.36. The molecule has 0 atom stereocenters. The monoisotopic (exact) mass is 468 g/mol. The average molecular weight is 469 g/mol. The maximum atomic E-state index is 12.2. The molecule has 0 aliphatic heterocycles. The second-order valence-corrected chi connectivity index (χ2v) is 8.69. The summed E-state index contributed by atoms with van der Waals surface area (Å²) in [6.07, 6.45) is 16.2. The number of ether oxygens (including phenoxy) is 3. The molecule has 0 spiro atoms. The van der Waals surface area contributed by atoms with E-state index in [-0.39, 0.29) is 31.1 Å². The van der Waals surface area contributed by atoms with Gasteiger partial charge in [-0.15, -0.1) is 6.58 Å². The molecule has 0 aliphatic rings. The highest BCUT2D eigenvalue weighted by atomic mass is 16.6. The van der Waals surface area contributed by atoms with Crippen LogP contribution in [0.25, 0.3) is 0 Å². The third kappa shape index (κ3) is 21.7. The van der Waals surface area contributed by atoms with Gasteiger partial charge in [-0.25, -0.2) is 0 Å². The Balaban J connectivity index is 4.38. The van der Waals surface area contributed by atoms with E-state index in [1.165, 1.54) is 12.8 Å². The molecule has 6 heteroatoms. The lowest BCUT2D eigenvalue weighted by molar-refractivity contribution is -0.167. The average Bonchev–Trinajstić information content (AvgIpc) is 2.80. The molecule has 0 saturated carbocycles. The van der Waals surface area contributed by atoms with Gasteiger partial charge in [-0.05, 0) is 32.1 Å². The number of esters is 3. The highest BCUT2D eigenvalue weighted by Crippen LogP contribution is 2.10. The maximum Gasteiger partial charge on any atom is 0.306 e. The topological polar surface area (TPSA) is 78.9 Å². The number of hydrogen-bond donors (Lipinski definition) is 0. The molecule has 0 saturated heterocycles. The molecule has 0 aromatic carbocycles. The molecule has 0 amide bonds. The first kappa shape index (κ1) is 31.1. The van der Waals surface area contributed by atoms with Crippen LogP contribution in [0.15, 0.2) is 12.7 Å². The van der Waals surface area contributed by atoms with Crippen LogP contribution in [-0.2, 0) is 28.6 Å². The number of rotatable bonds is 23. The minimum Gasteiger partial charge on any atom is -0.462 e. The summed E-state index contributed by atoms with van der Waals surface area (Å²) in [7, 11) is 0. The summed E-state index contributed by atoms with van der Waals surface area (Å²) < 4.78 is 16.1. The summed E-state index contributed by atoms with van der Waals surface area (Å²) in [6, 6.07) is 0. The van der Waals surface area contributed by atoms with E-state index in [4.69, 9.17) is 14.2 Å². The molecule has 0 N–H and O–H groups in total. The fourth-order valence-electron chi connectivity index (χ4n) is 3.36. The van der Waals surface area contributed by atoms with Gasteiger partial charge >= 0.3 is 17.9 Å². The van der Waals surface area contributed by atoms with Crippen LogP contribution < -0.4 is 0 Å². The van der Waals surface area contributed by atoms with Crippen LogP contribution in [0.5, 0.6) is 0 Å². The van der Waals surface area contributed by atoms with E-state index in [1.54, 1.807) is 0 Å². The molecule has 0 radical (unpaired) electrons. The molecular weight excluding hydrogens is 420 g/mol. The van der Waals surface area contributed by atoms with Crippen molar-refractivity contribution in [3.63, 3.8) is 0 Å². The first-order valence-electron chi connectivity index (χ1n) is 13.1. The normalized spacial score (nSPS) is 10.8. The number of unbranched alkanes of at least 4 members (excludes halogenated alkanes) is 11. The fraction of sp³-hybridized carbons (Fsp3) is 0.815. The zero-order valence-corrected chi connectivity index (χ0v) is 21.2. The Bertz CT molecular complexity index is 487. The van der Waals surface area contributed by atoms with Crippen LogP contribution in [0, 0.1) is 0 Å². The standard InChI is InChI=1S/C27H48O6/c1-4-7-10-13-16-19-25(28)31-22-24(33-27(30)21-18-15-12-9-6-3)23-32-26(29)20-17-14-11-8-5-2/h6,24H,3-5,7-23H2,1-2H3. The first-order chi connectivity index (χ1) is 16.0. The molecule has 0 aromatic rings. The Morgan fingerprint density at radius 1 is 0.636 bits per heavy atom. The number of hydrogen-bond acceptors (Lipinski definition) is 6. The molecular formula is C27H48O6. The van der Waals surface area contributed by atoms with Gasteiger partial charge in [0.05, 0.1) is 0 Å². The van der Waals surface area contributed by atoms with Crippen LogP contribution in [0.4, 0.5) is 0 Å². The second kappa shape index (κ2) is 23.3. The third-order valence-corrected chi connectivity index (χ3v) is 5.42. The van der Waals surface area contributed by atoms with Gasteiger partial charge in [0, 0.05) is 19.3 Å². The quantitative estimate of drug-likeness (QED) is 0.0707. The molecule has 0 unspecified atom stereocenters. The highest BCUT2D eigenvalue weighted by molar-refractivity contribution is 5.71. The summed E-state index contributed by atoms with van der Waals surface area (Å²) in [5, 5.41) is 0. The van der Waals surface area contributed by atoms with E-state index in [9.17, 15) is 14.4 Å². The minimum absolute atomic E-state index is 0.0836. The van der Waals surface area contributed by atoms with Crippen molar-refractivity contribution in [1.82, 2.24) is 0 Å². The molecule has 33 heavy (non-hydrogen) atoms. The molecule has 0 fully saturated rings. The van der Waals surface area contributed by atoms with Crippen molar-refractivity contribution in [1.29, 1.82) is 0 Å². The van der Waals surface area contributed by atoms with E-state index in [2.05, 4.69) is 20.4 Å². The lowest BCUT2D eigenvalue weighted by Crippen LogP contribution is -2.30. The second-order valence-electron chi connectivity index (χ2n) is 8.69. The zero-order chi connectivity index (χ0) is 24.6. The molecule has 0 heterocycles. The smallest absolute Gasteiger partial charge is 0.306 e. The Hall–Kier alpha value is -1.85. The lowest BCUT2D eigenvalue weighted by Gasteiger charge is -2.18. The van der Waals surface area contributed by atoms with Crippen LogP contribution in [0.3, 0.4) is 0 Å². The Labute approximate surface area is 201 Å². The number of carbonyl (C=O) groups excluding carboxylic acids is 3. The van der Waals surface area contributed by atoms with Gasteiger partial charge in [0.25, 0.3) is 0 Å². The van der Waals surface area contributed by atoms with Crippen LogP contribution in [-0.4, -0.2) is 37.2 Å². The maximum absolute atomic E-state index is 12.2. The van der Waals surface area contributed by atoms with E-state index in [1.807, 2.05) is 6.08 Å². The summed E-state index contributed by atoms with van der Waals surface area (Å²) in [4.78, 5) is 36.2. The SMILES string of the molecule is C=CCCCCCC(=O)OC(COC(=O)CCCCCCC)COC(=O)CCCCCCC. The van der Waals surface area contributed by atoms with Crippen molar-refractivity contribution in [3.05, 3.63) is 12.7 Å². The predicted octanol–water partition coefficient (Wildman–Crippen LogP) is 6.84. The van der Waals surface area contributed by atoms with E-state index in [0.29, 0.717) is 19.3 Å². The molecule has 6 nitrogen and oxygen atoms in total. The van der Waals surface area contributed by atoms with E-state index < -0.39 is 6.10 Å². The Kier molecular flexibility index (Phi) is 22.0. The van der Waals surface area contributed by atoms with Gasteiger partial charge in [0.2, 0.25) is 0 Å². The van der Waals surface area contributed by atoms with Crippen molar-refractivity contribution >= 4 is 17.9 Å². The summed E-state index contributed by atoms with van der Waals surface area (Å²) >= 11 is 0. The highest BCUT2D eigenvalue weighted by Gasteiger charge is 2.19. The van der Waals surface area contributed by atoms with Crippen molar-refractivity contribution < 1.29 is 28.6 Å². The van der Waals surface area contributed by atoms with Crippen molar-refractivity contribution in [3.8, 4) is 0 Å². The van der Waals surface area contributed by atoms with E-state index >= 15 is 0 Å². The Morgan fingerprint density at radius 3 is 1.52 bits per heavy atom. The van der Waals surface area contributed by atoms with Gasteiger partial charge in [0.1, 0.15) is 13.2 Å². The van der Waals surface area contributed by atoms with Gasteiger partial charge in [0.15, 0.2) is 6.10 Å².